The van der Waals surface area contributed by atoms with Crippen LogP contribution in [0.3, 0.4) is 0 Å². The fourth-order valence-corrected chi connectivity index (χ4v) is 5.60. The molecule has 0 aliphatic carbocycles. The molecule has 4 N–H and O–H groups in total. The highest BCUT2D eigenvalue weighted by molar-refractivity contribution is 7.91. The molecular weight excluding hydrogens is 458 g/mol. The van der Waals surface area contributed by atoms with Gasteiger partial charge in [0.25, 0.3) is 5.69 Å². The number of non-ortho nitro benzene ring substituents is 1. The van der Waals surface area contributed by atoms with E-state index in [-0.39, 0.29) is 22.1 Å². The number of H-pyrrole nitrogens is 1. The van der Waals surface area contributed by atoms with Gasteiger partial charge in [0, 0.05) is 12.1 Å². The first-order chi connectivity index (χ1) is 15.2. The molecule has 1 atom stereocenters. The number of phenolic OH excluding ortho intramolecular Hbond substituents is 1. The summed E-state index contributed by atoms with van der Waals surface area (Å²) >= 11 is 1.04. The number of thiazole rings is 1. The molecule has 0 aliphatic rings. The average molecular weight is 482 g/mol. The Bertz CT molecular complexity index is 1250. The van der Waals surface area contributed by atoms with Crippen molar-refractivity contribution in [2.24, 2.45) is 0 Å². The lowest BCUT2D eigenvalue weighted by Crippen LogP contribution is -2.23. The monoisotopic (exact) mass is 481 g/mol. The second-order valence-electron chi connectivity index (χ2n) is 7.29. The predicted octanol–water partition coefficient (Wildman–Crippen LogP) is 1.87. The summed E-state index contributed by atoms with van der Waals surface area (Å²) < 4.78 is 25.3. The van der Waals surface area contributed by atoms with Crippen LogP contribution in [-0.2, 0) is 16.3 Å². The highest BCUT2D eigenvalue weighted by atomic mass is 32.2. The second-order valence-corrected chi connectivity index (χ2v) is 10.5. The van der Waals surface area contributed by atoms with Gasteiger partial charge in [0.05, 0.1) is 27.2 Å². The molecule has 0 bridgehead atoms. The molecule has 0 amide bonds. The number of nitro benzene ring substituents is 1. The summed E-state index contributed by atoms with van der Waals surface area (Å²) in [5, 5.41) is 33.8. The lowest BCUT2D eigenvalue weighted by atomic mass is 10.1. The lowest BCUT2D eigenvalue weighted by molar-refractivity contribution is -0.384. The van der Waals surface area contributed by atoms with Crippen LogP contribution in [0.1, 0.15) is 23.7 Å². The molecule has 0 fully saturated rings. The first-order valence-corrected chi connectivity index (χ1v) is 12.5. The molecule has 0 saturated heterocycles. The third kappa shape index (κ3) is 6.13. The number of aromatic amines is 1. The Morgan fingerprint density at radius 2 is 1.88 bits per heavy atom. The van der Waals surface area contributed by atoms with E-state index in [9.17, 15) is 33.5 Å². The molecule has 0 radical (unpaired) electrons. The maximum Gasteiger partial charge on any atom is 0.305 e. The summed E-state index contributed by atoms with van der Waals surface area (Å²) in [6.07, 6.45) is -0.285. The maximum atomic E-state index is 12.3. The number of aromatic hydroxyl groups is 1. The first-order valence-electron chi connectivity index (χ1n) is 9.83. The minimum Gasteiger partial charge on any atom is -0.506 e. The molecule has 0 unspecified atom stereocenters. The molecule has 2 aromatic carbocycles. The number of phenols is 1. The van der Waals surface area contributed by atoms with Gasteiger partial charge in [0.1, 0.15) is 11.3 Å². The minimum absolute atomic E-state index is 0.0242. The van der Waals surface area contributed by atoms with Crippen molar-refractivity contribution in [1.82, 2.24) is 10.3 Å². The number of nitro groups is 1. The van der Waals surface area contributed by atoms with Gasteiger partial charge in [0.2, 0.25) is 0 Å². The van der Waals surface area contributed by atoms with Gasteiger partial charge in [-0.1, -0.05) is 17.4 Å². The van der Waals surface area contributed by atoms with Crippen LogP contribution in [0.25, 0.3) is 10.2 Å². The summed E-state index contributed by atoms with van der Waals surface area (Å²) in [6, 6.07) is 8.44. The largest absolute Gasteiger partial charge is 0.506 e. The molecule has 0 saturated carbocycles. The van der Waals surface area contributed by atoms with Crippen molar-refractivity contribution in [3.8, 4) is 5.75 Å². The Morgan fingerprint density at radius 1 is 1.16 bits per heavy atom. The quantitative estimate of drug-likeness (QED) is 0.183. The van der Waals surface area contributed by atoms with E-state index in [4.69, 9.17) is 0 Å². The van der Waals surface area contributed by atoms with Gasteiger partial charge in [-0.15, -0.1) is 0 Å². The Kier molecular flexibility index (Phi) is 7.61. The van der Waals surface area contributed by atoms with Gasteiger partial charge >= 0.3 is 4.87 Å². The van der Waals surface area contributed by atoms with Crippen LogP contribution >= 0.6 is 11.3 Å². The van der Waals surface area contributed by atoms with Gasteiger partial charge in [-0.05, 0) is 55.3 Å². The minimum atomic E-state index is -3.51. The number of aromatic nitrogens is 1. The van der Waals surface area contributed by atoms with E-state index in [0.717, 1.165) is 16.9 Å². The fourth-order valence-electron chi connectivity index (χ4n) is 3.27. The molecule has 32 heavy (non-hydrogen) atoms. The van der Waals surface area contributed by atoms with Crippen molar-refractivity contribution in [3.05, 3.63) is 67.3 Å². The number of aliphatic hydroxyl groups is 1. The summed E-state index contributed by atoms with van der Waals surface area (Å²) in [7, 11) is -3.51. The molecule has 12 heteroatoms. The molecular formula is C20H23N3O7S2. The van der Waals surface area contributed by atoms with Crippen LogP contribution in [0.4, 0.5) is 5.69 Å². The standard InChI is InChI=1S/C20H23N3O7S2/c24-16-7-4-14(19-18(16)22-20(26)31-19)8-10-21-9-1-11-32(29,30)12-17(25)13-2-5-15(6-3-13)23(27)28/h2-7,17,21,24-25H,1,8-12H2,(H,22,26)/t17-/m0/s1. The van der Waals surface area contributed by atoms with Crippen LogP contribution in [-0.4, -0.2) is 53.1 Å². The van der Waals surface area contributed by atoms with Crippen LogP contribution in [0, 0.1) is 10.1 Å². The van der Waals surface area contributed by atoms with E-state index in [0.29, 0.717) is 41.7 Å². The van der Waals surface area contributed by atoms with Gasteiger partial charge in [-0.2, -0.15) is 0 Å². The topological polar surface area (TPSA) is 163 Å². The van der Waals surface area contributed by atoms with Crippen LogP contribution < -0.4 is 10.2 Å². The van der Waals surface area contributed by atoms with E-state index in [2.05, 4.69) is 10.3 Å². The normalized spacial score (nSPS) is 12.8. The SMILES string of the molecule is O=c1[nH]c2c(O)ccc(CCNCCCS(=O)(=O)C[C@H](O)c3ccc([N+](=O)[O-])cc3)c2s1. The third-order valence-corrected chi connectivity index (χ3v) is 7.61. The molecule has 0 spiro atoms. The summed E-state index contributed by atoms with van der Waals surface area (Å²) in [5.74, 6) is -0.536. The molecule has 0 aliphatic heterocycles. The zero-order valence-electron chi connectivity index (χ0n) is 17.0. The second kappa shape index (κ2) is 10.2. The summed E-state index contributed by atoms with van der Waals surface area (Å²) in [4.78, 5) is 24.0. The maximum absolute atomic E-state index is 12.3. The van der Waals surface area contributed by atoms with E-state index < -0.39 is 26.6 Å². The number of hydrogen-bond donors (Lipinski definition) is 4. The van der Waals surface area contributed by atoms with E-state index in [1.165, 1.54) is 30.3 Å². The predicted molar refractivity (Wildman–Crippen MR) is 122 cm³/mol. The van der Waals surface area contributed by atoms with E-state index >= 15 is 0 Å². The molecule has 10 nitrogen and oxygen atoms in total. The number of nitrogens with one attached hydrogen (secondary N) is 2. The fraction of sp³-hybridized carbons (Fsp3) is 0.350. The van der Waals surface area contributed by atoms with Gasteiger partial charge in [0.15, 0.2) is 9.84 Å². The van der Waals surface area contributed by atoms with Crippen LogP contribution in [0.2, 0.25) is 0 Å². The average Bonchev–Trinajstić information content (AvgIpc) is 3.14. The Labute approximate surface area is 187 Å². The van der Waals surface area contributed by atoms with Gasteiger partial charge < -0.3 is 20.5 Å². The smallest absolute Gasteiger partial charge is 0.305 e. The molecule has 1 aromatic heterocycles. The van der Waals surface area contributed by atoms with Crippen molar-refractivity contribution in [2.45, 2.75) is 18.9 Å². The van der Waals surface area contributed by atoms with Crippen molar-refractivity contribution in [2.75, 3.05) is 24.6 Å². The number of hydrogen-bond acceptors (Lipinski definition) is 9. The number of nitrogens with zero attached hydrogens (tertiary/aromatic N) is 1. The zero-order chi connectivity index (χ0) is 23.3. The number of aliphatic hydroxyl groups excluding tert-OH is 1. The van der Waals surface area contributed by atoms with E-state index in [1.54, 1.807) is 6.07 Å². The number of sulfone groups is 1. The zero-order valence-corrected chi connectivity index (χ0v) is 18.6. The number of benzene rings is 2. The molecule has 1 heterocycles. The van der Waals surface area contributed by atoms with Crippen molar-refractivity contribution in [3.63, 3.8) is 0 Å². The molecule has 3 rings (SSSR count). The highest BCUT2D eigenvalue weighted by Crippen LogP contribution is 2.27. The van der Waals surface area contributed by atoms with Gasteiger partial charge in [-0.3, -0.25) is 14.9 Å². The third-order valence-electron chi connectivity index (χ3n) is 4.92. The number of fused-ring (bicyclic) bond motifs is 1. The summed E-state index contributed by atoms with van der Waals surface area (Å²) in [5.41, 5.74) is 1.51. The number of rotatable bonds is 11. The molecule has 3 aromatic rings. The Morgan fingerprint density at radius 3 is 2.56 bits per heavy atom. The molecule has 172 valence electrons. The first kappa shape index (κ1) is 23.9. The van der Waals surface area contributed by atoms with Crippen LogP contribution in [0.5, 0.6) is 5.75 Å². The van der Waals surface area contributed by atoms with Crippen molar-refractivity contribution >= 4 is 37.1 Å². The highest BCUT2D eigenvalue weighted by Gasteiger charge is 2.19. The van der Waals surface area contributed by atoms with Crippen molar-refractivity contribution in [1.29, 1.82) is 0 Å². The Hall–Kier alpha value is -2.80. The van der Waals surface area contributed by atoms with Crippen molar-refractivity contribution < 1.29 is 23.6 Å². The summed E-state index contributed by atoms with van der Waals surface area (Å²) in [6.45, 7) is 1.02. The van der Waals surface area contributed by atoms with Gasteiger partial charge in [-0.25, -0.2) is 8.42 Å². The Balaban J connectivity index is 1.42. The lowest BCUT2D eigenvalue weighted by Gasteiger charge is -2.12. The van der Waals surface area contributed by atoms with Crippen LogP contribution in [0.15, 0.2) is 41.2 Å². The van der Waals surface area contributed by atoms with E-state index in [1.807, 2.05) is 0 Å².